The van der Waals surface area contributed by atoms with Crippen LogP contribution in [0.3, 0.4) is 0 Å². The molecule has 2 N–H and O–H groups in total. The van der Waals surface area contributed by atoms with Crippen molar-refractivity contribution in [1.82, 2.24) is 0 Å². The Hall–Kier alpha value is -2.07. The Morgan fingerprint density at radius 1 is 0.952 bits per heavy atom. The van der Waals surface area contributed by atoms with Gasteiger partial charge in [0.25, 0.3) is 0 Å². The maximum atomic E-state index is 5.85. The minimum absolute atomic E-state index is 0.404. The number of hydrogen-bond acceptors (Lipinski definition) is 4. The summed E-state index contributed by atoms with van der Waals surface area (Å²) in [6.07, 6.45) is 0. The van der Waals surface area contributed by atoms with Crippen LogP contribution in [0, 0.1) is 0 Å². The summed E-state index contributed by atoms with van der Waals surface area (Å²) in [7, 11) is 0. The van der Waals surface area contributed by atoms with Gasteiger partial charge < -0.3 is 19.9 Å². The number of hydrogen-bond donors (Lipinski definition) is 1. The first-order valence-electron chi connectivity index (χ1n) is 6.73. The molecule has 4 nitrogen and oxygen atoms in total. The molecule has 0 aliphatic carbocycles. The second-order valence-corrected chi connectivity index (χ2v) is 4.67. The van der Waals surface area contributed by atoms with Crippen molar-refractivity contribution in [3.05, 3.63) is 47.5 Å². The van der Waals surface area contributed by atoms with E-state index in [-0.39, 0.29) is 0 Å². The van der Waals surface area contributed by atoms with Crippen LogP contribution in [-0.2, 0) is 0 Å². The summed E-state index contributed by atoms with van der Waals surface area (Å²) < 4.78 is 16.7. The second-order valence-electron chi connectivity index (χ2n) is 4.26. The zero-order chi connectivity index (χ0) is 15.1. The number of halogens is 1. The van der Waals surface area contributed by atoms with E-state index in [0.717, 1.165) is 5.75 Å². The Bertz CT molecular complexity index is 589. The third-order valence-corrected chi connectivity index (χ3v) is 3.07. The van der Waals surface area contributed by atoms with E-state index in [2.05, 4.69) is 0 Å². The van der Waals surface area contributed by atoms with Gasteiger partial charge in [-0.25, -0.2) is 0 Å². The number of benzene rings is 2. The molecule has 0 saturated heterocycles. The van der Waals surface area contributed by atoms with Crippen LogP contribution in [0.5, 0.6) is 17.2 Å². The lowest BCUT2D eigenvalue weighted by Crippen LogP contribution is -2.10. The molecule has 0 aromatic heterocycles. The molecule has 0 unspecified atom stereocenters. The lowest BCUT2D eigenvalue weighted by Gasteiger charge is -2.12. The highest BCUT2D eigenvalue weighted by Gasteiger charge is 2.04. The van der Waals surface area contributed by atoms with Gasteiger partial charge in [-0.3, -0.25) is 0 Å². The Morgan fingerprint density at radius 2 is 1.62 bits per heavy atom. The summed E-state index contributed by atoms with van der Waals surface area (Å²) in [5.74, 6) is 2.10. The highest BCUT2D eigenvalue weighted by Crippen LogP contribution is 2.26. The molecular formula is C16H18ClNO3. The first-order chi connectivity index (χ1) is 10.2. The fourth-order valence-corrected chi connectivity index (χ4v) is 1.88. The predicted octanol–water partition coefficient (Wildman–Crippen LogP) is 3.78. The van der Waals surface area contributed by atoms with Crippen molar-refractivity contribution >= 4 is 17.3 Å². The van der Waals surface area contributed by atoms with Crippen LogP contribution in [0.1, 0.15) is 6.92 Å². The van der Waals surface area contributed by atoms with Crippen LogP contribution in [0.25, 0.3) is 0 Å². The summed E-state index contributed by atoms with van der Waals surface area (Å²) in [5, 5.41) is 0.518. The number of anilines is 1. The van der Waals surface area contributed by atoms with Crippen LogP contribution in [0.4, 0.5) is 5.69 Å². The Morgan fingerprint density at radius 3 is 2.29 bits per heavy atom. The normalized spacial score (nSPS) is 10.2. The molecular weight excluding hydrogens is 290 g/mol. The molecule has 0 amide bonds. The summed E-state index contributed by atoms with van der Waals surface area (Å²) in [4.78, 5) is 0. The standard InChI is InChI=1S/C16H18ClNO3/c1-2-19-15-5-3-4-6-16(15)21-10-9-20-12-7-8-13(17)14(18)11-12/h3-8,11H,2,9-10,18H2,1H3. The molecule has 0 aliphatic rings. The zero-order valence-corrected chi connectivity index (χ0v) is 12.6. The van der Waals surface area contributed by atoms with Gasteiger partial charge in [-0.05, 0) is 31.2 Å². The SMILES string of the molecule is CCOc1ccccc1OCCOc1ccc(Cl)c(N)c1. The molecule has 0 fully saturated rings. The van der Waals surface area contributed by atoms with Crippen molar-refractivity contribution in [3.63, 3.8) is 0 Å². The molecule has 2 aromatic rings. The predicted molar refractivity (Wildman–Crippen MR) is 84.5 cm³/mol. The van der Waals surface area contributed by atoms with Gasteiger partial charge >= 0.3 is 0 Å². The lowest BCUT2D eigenvalue weighted by atomic mass is 10.3. The quantitative estimate of drug-likeness (QED) is 0.625. The van der Waals surface area contributed by atoms with Gasteiger partial charge in [0.15, 0.2) is 11.5 Å². The van der Waals surface area contributed by atoms with E-state index in [4.69, 9.17) is 31.5 Å². The van der Waals surface area contributed by atoms with E-state index >= 15 is 0 Å². The molecule has 0 atom stereocenters. The first kappa shape index (κ1) is 15.3. The zero-order valence-electron chi connectivity index (χ0n) is 11.8. The molecule has 21 heavy (non-hydrogen) atoms. The number of para-hydroxylation sites is 2. The van der Waals surface area contributed by atoms with Crippen molar-refractivity contribution in [2.24, 2.45) is 0 Å². The van der Waals surface area contributed by atoms with Gasteiger partial charge in [-0.2, -0.15) is 0 Å². The minimum Gasteiger partial charge on any atom is -0.490 e. The summed E-state index contributed by atoms with van der Waals surface area (Å²) >= 11 is 5.85. The molecule has 0 radical (unpaired) electrons. The third-order valence-electron chi connectivity index (χ3n) is 2.73. The molecule has 2 rings (SSSR count). The highest BCUT2D eigenvalue weighted by molar-refractivity contribution is 6.33. The Labute approximate surface area is 129 Å². The Balaban J connectivity index is 1.83. The summed E-state index contributed by atoms with van der Waals surface area (Å²) in [5.41, 5.74) is 6.21. The fourth-order valence-electron chi connectivity index (χ4n) is 1.77. The van der Waals surface area contributed by atoms with E-state index in [9.17, 15) is 0 Å². The molecule has 0 heterocycles. The van der Waals surface area contributed by atoms with E-state index in [1.807, 2.05) is 31.2 Å². The van der Waals surface area contributed by atoms with E-state index in [1.54, 1.807) is 18.2 Å². The van der Waals surface area contributed by atoms with Crippen LogP contribution in [0.2, 0.25) is 5.02 Å². The number of nitrogens with two attached hydrogens (primary N) is 1. The minimum atomic E-state index is 0.404. The van der Waals surface area contributed by atoms with Gasteiger partial charge in [0.05, 0.1) is 17.3 Å². The third kappa shape index (κ3) is 4.46. The smallest absolute Gasteiger partial charge is 0.161 e. The van der Waals surface area contributed by atoms with Crippen molar-refractivity contribution in [2.45, 2.75) is 6.92 Å². The molecule has 0 aliphatic heterocycles. The van der Waals surface area contributed by atoms with Crippen molar-refractivity contribution in [2.75, 3.05) is 25.6 Å². The summed E-state index contributed by atoms with van der Waals surface area (Å²) in [6.45, 7) is 3.35. The molecule has 112 valence electrons. The molecule has 2 aromatic carbocycles. The van der Waals surface area contributed by atoms with Crippen molar-refractivity contribution < 1.29 is 14.2 Å². The topological polar surface area (TPSA) is 53.7 Å². The lowest BCUT2D eigenvalue weighted by molar-refractivity contribution is 0.208. The maximum absolute atomic E-state index is 5.85. The van der Waals surface area contributed by atoms with E-state index in [1.165, 1.54) is 0 Å². The highest BCUT2D eigenvalue weighted by atomic mass is 35.5. The number of ether oxygens (including phenoxy) is 3. The van der Waals surface area contributed by atoms with Gasteiger partial charge in [-0.1, -0.05) is 23.7 Å². The van der Waals surface area contributed by atoms with E-state index in [0.29, 0.717) is 42.0 Å². The van der Waals surface area contributed by atoms with Crippen LogP contribution in [0.15, 0.2) is 42.5 Å². The monoisotopic (exact) mass is 307 g/mol. The number of nitrogen functional groups attached to an aromatic ring is 1. The molecule has 0 spiro atoms. The summed E-state index contributed by atoms with van der Waals surface area (Å²) in [6, 6.07) is 12.7. The largest absolute Gasteiger partial charge is 0.490 e. The van der Waals surface area contributed by atoms with E-state index < -0.39 is 0 Å². The van der Waals surface area contributed by atoms with Crippen molar-refractivity contribution in [3.8, 4) is 17.2 Å². The van der Waals surface area contributed by atoms with Crippen LogP contribution >= 0.6 is 11.6 Å². The molecule has 5 heteroatoms. The van der Waals surface area contributed by atoms with Gasteiger partial charge in [-0.15, -0.1) is 0 Å². The number of rotatable bonds is 7. The van der Waals surface area contributed by atoms with Crippen molar-refractivity contribution in [1.29, 1.82) is 0 Å². The first-order valence-corrected chi connectivity index (χ1v) is 7.11. The van der Waals surface area contributed by atoms with Gasteiger partial charge in [0.2, 0.25) is 0 Å². The van der Waals surface area contributed by atoms with Crippen LogP contribution < -0.4 is 19.9 Å². The van der Waals surface area contributed by atoms with Crippen LogP contribution in [-0.4, -0.2) is 19.8 Å². The Kier molecular flexibility index (Phi) is 5.58. The average Bonchev–Trinajstić information content (AvgIpc) is 2.49. The molecule has 0 saturated carbocycles. The second kappa shape index (κ2) is 7.64. The fraction of sp³-hybridized carbons (Fsp3) is 0.250. The average molecular weight is 308 g/mol. The van der Waals surface area contributed by atoms with Gasteiger partial charge in [0, 0.05) is 6.07 Å². The maximum Gasteiger partial charge on any atom is 0.161 e. The molecule has 0 bridgehead atoms. The van der Waals surface area contributed by atoms with Gasteiger partial charge in [0.1, 0.15) is 19.0 Å².